The van der Waals surface area contributed by atoms with Crippen molar-refractivity contribution in [3.63, 3.8) is 0 Å². The molecule has 0 aliphatic carbocycles. The lowest BCUT2D eigenvalue weighted by Crippen LogP contribution is -2.52. The average Bonchev–Trinajstić information content (AvgIpc) is 3.23. The maximum Gasteiger partial charge on any atom is 0.407 e. The molecule has 0 radical (unpaired) electrons. The fourth-order valence-electron chi connectivity index (χ4n) is 5.20. The third-order valence-electron chi connectivity index (χ3n) is 7.28. The molecule has 2 aromatic rings. The van der Waals surface area contributed by atoms with Gasteiger partial charge in [-0.1, -0.05) is 42.8 Å². The van der Waals surface area contributed by atoms with Gasteiger partial charge in [-0.15, -0.1) is 0 Å². The average molecular weight is 505 g/mol. The first kappa shape index (κ1) is 25.0. The summed E-state index contributed by atoms with van der Waals surface area (Å²) in [4.78, 5) is 52.8. The van der Waals surface area contributed by atoms with Crippen LogP contribution in [0.15, 0.2) is 42.5 Å². The standard InChI is InChI=1S/C28H32N4O5/c33-25-11-10-24(26(34)30-25)32-17-22-9-8-21(14-23(22)27(32)35)15-29-28(36)37-18-20-6-4-19(5-7-20)16-31-12-2-1-3-13-31/h4-9,14,24H,1-3,10-13,15-18H2,(H,29,36)(H,30,33,34). The molecule has 194 valence electrons. The number of amides is 4. The summed E-state index contributed by atoms with van der Waals surface area (Å²) in [5.74, 6) is -0.980. The van der Waals surface area contributed by atoms with Gasteiger partial charge in [0.1, 0.15) is 12.6 Å². The number of carbonyl (C=O) groups is 4. The Labute approximate surface area is 216 Å². The Morgan fingerprint density at radius 1 is 0.973 bits per heavy atom. The lowest BCUT2D eigenvalue weighted by Gasteiger charge is -2.29. The van der Waals surface area contributed by atoms with Crippen LogP contribution in [0.25, 0.3) is 0 Å². The zero-order valence-electron chi connectivity index (χ0n) is 20.8. The van der Waals surface area contributed by atoms with E-state index in [4.69, 9.17) is 4.74 Å². The van der Waals surface area contributed by atoms with E-state index in [2.05, 4.69) is 27.7 Å². The highest BCUT2D eigenvalue weighted by molar-refractivity contribution is 6.05. The molecule has 4 amide bonds. The van der Waals surface area contributed by atoms with E-state index in [9.17, 15) is 19.2 Å². The molecule has 9 heteroatoms. The molecule has 9 nitrogen and oxygen atoms in total. The fraction of sp³-hybridized carbons (Fsp3) is 0.429. The van der Waals surface area contributed by atoms with E-state index in [1.165, 1.54) is 29.7 Å². The van der Waals surface area contributed by atoms with Crippen molar-refractivity contribution in [3.05, 3.63) is 70.3 Å². The summed E-state index contributed by atoms with van der Waals surface area (Å²) in [6.07, 6.45) is 3.87. The zero-order valence-corrected chi connectivity index (χ0v) is 20.8. The Bertz CT molecular complexity index is 1190. The first-order valence-corrected chi connectivity index (χ1v) is 12.9. The van der Waals surface area contributed by atoms with Crippen LogP contribution >= 0.6 is 0 Å². The molecule has 2 fully saturated rings. The summed E-state index contributed by atoms with van der Waals surface area (Å²) >= 11 is 0. The monoisotopic (exact) mass is 504 g/mol. The van der Waals surface area contributed by atoms with Gasteiger partial charge in [-0.05, 0) is 60.7 Å². The second-order valence-electron chi connectivity index (χ2n) is 9.97. The van der Waals surface area contributed by atoms with Crippen molar-refractivity contribution in [1.82, 2.24) is 20.4 Å². The van der Waals surface area contributed by atoms with Gasteiger partial charge in [0.05, 0.1) is 0 Å². The number of carbonyl (C=O) groups excluding carboxylic acids is 4. The van der Waals surface area contributed by atoms with E-state index >= 15 is 0 Å². The molecule has 0 bridgehead atoms. The van der Waals surface area contributed by atoms with Gasteiger partial charge >= 0.3 is 6.09 Å². The van der Waals surface area contributed by atoms with Gasteiger partial charge < -0.3 is 15.0 Å². The second-order valence-corrected chi connectivity index (χ2v) is 9.97. The molecule has 0 aromatic heterocycles. The van der Waals surface area contributed by atoms with Gasteiger partial charge in [0.2, 0.25) is 11.8 Å². The molecule has 1 unspecified atom stereocenters. The van der Waals surface area contributed by atoms with Crippen molar-refractivity contribution in [3.8, 4) is 0 Å². The lowest BCUT2D eigenvalue weighted by molar-refractivity contribution is -0.136. The summed E-state index contributed by atoms with van der Waals surface area (Å²) in [7, 11) is 0. The summed E-state index contributed by atoms with van der Waals surface area (Å²) in [5, 5.41) is 5.04. The number of piperidine rings is 2. The highest BCUT2D eigenvalue weighted by Gasteiger charge is 2.39. The van der Waals surface area contributed by atoms with Crippen molar-refractivity contribution >= 4 is 23.8 Å². The van der Waals surface area contributed by atoms with Crippen molar-refractivity contribution in [2.45, 2.75) is 64.4 Å². The van der Waals surface area contributed by atoms with E-state index < -0.39 is 18.0 Å². The van der Waals surface area contributed by atoms with Crippen LogP contribution in [0.1, 0.15) is 64.7 Å². The molecule has 3 aliphatic heterocycles. The van der Waals surface area contributed by atoms with Gasteiger partial charge in [-0.2, -0.15) is 0 Å². The Balaban J connectivity index is 1.09. The SMILES string of the molecule is O=C1CCC(N2Cc3ccc(CNC(=O)OCc4ccc(CN5CCCCC5)cc4)cc3C2=O)C(=O)N1. The van der Waals surface area contributed by atoms with Crippen molar-refractivity contribution < 1.29 is 23.9 Å². The number of hydrogen-bond acceptors (Lipinski definition) is 6. The van der Waals surface area contributed by atoms with Gasteiger partial charge in [0.25, 0.3) is 5.91 Å². The van der Waals surface area contributed by atoms with Gasteiger partial charge in [-0.3, -0.25) is 24.6 Å². The maximum atomic E-state index is 13.0. The maximum absolute atomic E-state index is 13.0. The molecule has 5 rings (SSSR count). The summed E-state index contributed by atoms with van der Waals surface area (Å²) in [5.41, 5.74) is 4.29. The van der Waals surface area contributed by atoms with Crippen molar-refractivity contribution in [2.75, 3.05) is 13.1 Å². The first-order chi connectivity index (χ1) is 18.0. The fourth-order valence-corrected chi connectivity index (χ4v) is 5.20. The van der Waals surface area contributed by atoms with Crippen LogP contribution in [0.4, 0.5) is 4.79 Å². The molecule has 2 N–H and O–H groups in total. The Morgan fingerprint density at radius 2 is 1.70 bits per heavy atom. The van der Waals surface area contributed by atoms with Crippen LogP contribution in [-0.2, 0) is 40.6 Å². The number of nitrogens with one attached hydrogen (secondary N) is 2. The smallest absolute Gasteiger partial charge is 0.407 e. The van der Waals surface area contributed by atoms with E-state index in [1.54, 1.807) is 6.07 Å². The summed E-state index contributed by atoms with van der Waals surface area (Å²) < 4.78 is 5.36. The van der Waals surface area contributed by atoms with Crippen LogP contribution in [0.5, 0.6) is 0 Å². The molecule has 1 atom stereocenters. The van der Waals surface area contributed by atoms with Gasteiger partial charge in [-0.25, -0.2) is 4.79 Å². The second kappa shape index (κ2) is 11.1. The molecule has 37 heavy (non-hydrogen) atoms. The Kier molecular flexibility index (Phi) is 7.50. The van der Waals surface area contributed by atoms with E-state index in [0.29, 0.717) is 18.5 Å². The molecular formula is C28H32N4O5. The van der Waals surface area contributed by atoms with Crippen LogP contribution in [0, 0.1) is 0 Å². The molecule has 2 saturated heterocycles. The van der Waals surface area contributed by atoms with E-state index in [0.717, 1.165) is 36.3 Å². The molecule has 0 saturated carbocycles. The van der Waals surface area contributed by atoms with Gasteiger partial charge in [0, 0.05) is 31.6 Å². The number of ether oxygens (including phenoxy) is 1. The number of imide groups is 1. The molecule has 3 heterocycles. The third kappa shape index (κ3) is 5.99. The number of benzene rings is 2. The van der Waals surface area contributed by atoms with E-state index in [-0.39, 0.29) is 31.4 Å². The quantitative estimate of drug-likeness (QED) is 0.562. The minimum Gasteiger partial charge on any atom is -0.445 e. The summed E-state index contributed by atoms with van der Waals surface area (Å²) in [6, 6.07) is 12.9. The number of likely N-dealkylation sites (tertiary alicyclic amines) is 1. The summed E-state index contributed by atoms with van der Waals surface area (Å²) in [6.45, 7) is 3.98. The van der Waals surface area contributed by atoms with Crippen molar-refractivity contribution in [1.29, 1.82) is 0 Å². The van der Waals surface area contributed by atoms with E-state index in [1.807, 2.05) is 24.3 Å². The van der Waals surface area contributed by atoms with Crippen LogP contribution in [-0.4, -0.2) is 52.7 Å². The Hall–Kier alpha value is -3.72. The lowest BCUT2D eigenvalue weighted by atomic mass is 10.0. The largest absolute Gasteiger partial charge is 0.445 e. The number of alkyl carbamates (subject to hydrolysis) is 1. The van der Waals surface area contributed by atoms with Crippen LogP contribution in [0.2, 0.25) is 0 Å². The highest BCUT2D eigenvalue weighted by Crippen LogP contribution is 2.28. The predicted molar refractivity (Wildman–Crippen MR) is 135 cm³/mol. The minimum atomic E-state index is -0.645. The number of fused-ring (bicyclic) bond motifs is 1. The predicted octanol–water partition coefficient (Wildman–Crippen LogP) is 2.86. The number of nitrogens with zero attached hydrogens (tertiary/aromatic N) is 2. The van der Waals surface area contributed by atoms with Crippen molar-refractivity contribution in [2.24, 2.45) is 0 Å². The Morgan fingerprint density at radius 3 is 2.46 bits per heavy atom. The van der Waals surface area contributed by atoms with Crippen LogP contribution in [0.3, 0.4) is 0 Å². The van der Waals surface area contributed by atoms with Crippen LogP contribution < -0.4 is 10.6 Å². The topological polar surface area (TPSA) is 108 Å². The third-order valence-corrected chi connectivity index (χ3v) is 7.28. The van der Waals surface area contributed by atoms with Gasteiger partial charge in [0.15, 0.2) is 0 Å². The highest BCUT2D eigenvalue weighted by atomic mass is 16.5. The number of hydrogen-bond donors (Lipinski definition) is 2. The normalized spacial score (nSPS) is 19.9. The molecule has 2 aromatic carbocycles. The number of rotatable bonds is 7. The zero-order chi connectivity index (χ0) is 25.8. The molecule has 0 spiro atoms. The molecule has 3 aliphatic rings. The minimum absolute atomic E-state index is 0.180. The first-order valence-electron chi connectivity index (χ1n) is 12.9. The molecular weight excluding hydrogens is 472 g/mol.